The van der Waals surface area contributed by atoms with E-state index in [0.29, 0.717) is 23.8 Å². The number of piperazine rings is 1. The first-order chi connectivity index (χ1) is 15.8. The van der Waals surface area contributed by atoms with Crippen LogP contribution in [0.25, 0.3) is 0 Å². The second-order valence-corrected chi connectivity index (χ2v) is 10.4. The van der Waals surface area contributed by atoms with Crippen LogP contribution in [0.5, 0.6) is 0 Å². The average molecular weight is 493 g/mol. The van der Waals surface area contributed by atoms with Crippen LogP contribution in [-0.4, -0.2) is 69.3 Å². The zero-order valence-electron chi connectivity index (χ0n) is 19.6. The Kier molecular flexibility index (Phi) is 8.75. The Morgan fingerprint density at radius 3 is 2.30 bits per heavy atom. The number of nitrogens with zero attached hydrogens (tertiary/aromatic N) is 3. The molecule has 180 valence electrons. The first kappa shape index (κ1) is 25.5. The predicted octanol–water partition coefficient (Wildman–Crippen LogP) is 3.69. The Hall–Kier alpha value is -2.13. The van der Waals surface area contributed by atoms with Crippen LogP contribution < -0.4 is 10.2 Å². The number of carbonyl (C=O) groups excluding carboxylic acids is 1. The number of sulfonamides is 1. The van der Waals surface area contributed by atoms with Gasteiger partial charge < -0.3 is 15.1 Å². The second-order valence-electron chi connectivity index (χ2n) is 8.01. The van der Waals surface area contributed by atoms with E-state index in [9.17, 15) is 13.2 Å². The molecule has 9 heteroatoms. The summed E-state index contributed by atoms with van der Waals surface area (Å²) < 4.78 is 27.6. The largest absolute Gasteiger partial charge is 0.367 e. The van der Waals surface area contributed by atoms with Crippen molar-refractivity contribution in [2.75, 3.05) is 56.0 Å². The molecule has 0 aliphatic carbocycles. The molecule has 7 nitrogen and oxygen atoms in total. The number of halogens is 1. The van der Waals surface area contributed by atoms with Crippen molar-refractivity contribution in [2.24, 2.45) is 0 Å². The van der Waals surface area contributed by atoms with Crippen LogP contribution in [0.15, 0.2) is 47.4 Å². The number of hydrogen-bond acceptors (Lipinski definition) is 5. The van der Waals surface area contributed by atoms with Crippen LogP contribution in [0.3, 0.4) is 0 Å². The zero-order valence-corrected chi connectivity index (χ0v) is 21.1. The van der Waals surface area contributed by atoms with Gasteiger partial charge in [0.2, 0.25) is 15.9 Å². The Labute approximate surface area is 202 Å². The van der Waals surface area contributed by atoms with Gasteiger partial charge in [-0.2, -0.15) is 4.31 Å². The molecule has 0 atom stereocenters. The lowest BCUT2D eigenvalue weighted by atomic mass is 10.1. The summed E-state index contributed by atoms with van der Waals surface area (Å²) in [6.45, 7) is 11.0. The normalized spacial score (nSPS) is 15.1. The van der Waals surface area contributed by atoms with E-state index in [1.54, 1.807) is 18.2 Å². The van der Waals surface area contributed by atoms with Crippen LogP contribution in [0.2, 0.25) is 5.02 Å². The van der Waals surface area contributed by atoms with Gasteiger partial charge in [-0.25, -0.2) is 8.42 Å². The van der Waals surface area contributed by atoms with Gasteiger partial charge in [-0.05, 0) is 36.4 Å². The van der Waals surface area contributed by atoms with Gasteiger partial charge in [-0.15, -0.1) is 0 Å². The third-order valence-corrected chi connectivity index (χ3v) is 8.47. The van der Waals surface area contributed by atoms with Crippen molar-refractivity contribution in [3.8, 4) is 0 Å². The third kappa shape index (κ3) is 6.06. The molecule has 33 heavy (non-hydrogen) atoms. The Bertz CT molecular complexity index is 1070. The van der Waals surface area contributed by atoms with E-state index in [-0.39, 0.29) is 17.2 Å². The van der Waals surface area contributed by atoms with Crippen LogP contribution in [0, 0.1) is 0 Å². The Morgan fingerprint density at radius 1 is 1.03 bits per heavy atom. The fourth-order valence-corrected chi connectivity index (χ4v) is 5.77. The van der Waals surface area contributed by atoms with E-state index in [2.05, 4.69) is 22.0 Å². The second kappa shape index (κ2) is 11.3. The maximum absolute atomic E-state index is 13.1. The number of anilines is 2. The maximum Gasteiger partial charge on any atom is 0.243 e. The van der Waals surface area contributed by atoms with Gasteiger partial charge in [0, 0.05) is 44.3 Å². The predicted molar refractivity (Wildman–Crippen MR) is 135 cm³/mol. The summed E-state index contributed by atoms with van der Waals surface area (Å²) in [4.78, 5) is 17.7. The fraction of sp³-hybridized carbons (Fsp3) is 0.458. The monoisotopic (exact) mass is 492 g/mol. The molecule has 1 heterocycles. The summed E-state index contributed by atoms with van der Waals surface area (Å²) in [6, 6.07) is 12.2. The molecular weight excluding hydrogens is 460 g/mol. The molecule has 2 aromatic rings. The number of likely N-dealkylation sites (N-methyl/N-ethyl adjacent to an activating group) is 1. The van der Waals surface area contributed by atoms with E-state index in [1.165, 1.54) is 4.31 Å². The topological polar surface area (TPSA) is 73.0 Å². The fourth-order valence-electron chi connectivity index (χ4n) is 4.08. The van der Waals surface area contributed by atoms with Gasteiger partial charge in [0.15, 0.2) is 0 Å². The van der Waals surface area contributed by atoms with E-state index < -0.39 is 10.0 Å². The van der Waals surface area contributed by atoms with Crippen molar-refractivity contribution in [2.45, 2.75) is 32.1 Å². The highest BCUT2D eigenvalue weighted by atomic mass is 35.5. The van der Waals surface area contributed by atoms with E-state index in [0.717, 1.165) is 44.0 Å². The molecule has 0 bridgehead atoms. The van der Waals surface area contributed by atoms with Crippen molar-refractivity contribution in [3.05, 3.63) is 53.1 Å². The van der Waals surface area contributed by atoms with Gasteiger partial charge in [-0.1, -0.05) is 50.6 Å². The van der Waals surface area contributed by atoms with Gasteiger partial charge in [0.05, 0.1) is 22.7 Å². The van der Waals surface area contributed by atoms with Crippen LogP contribution in [-0.2, 0) is 21.2 Å². The molecule has 0 unspecified atom stereocenters. The first-order valence-corrected chi connectivity index (χ1v) is 13.3. The molecule has 1 N–H and O–H groups in total. The van der Waals surface area contributed by atoms with E-state index in [1.807, 2.05) is 38.1 Å². The molecule has 1 fully saturated rings. The van der Waals surface area contributed by atoms with Gasteiger partial charge in [0.25, 0.3) is 0 Å². The van der Waals surface area contributed by atoms with E-state index >= 15 is 0 Å². The number of nitrogens with one attached hydrogen (secondary N) is 1. The third-order valence-electron chi connectivity index (χ3n) is 6.05. The van der Waals surface area contributed by atoms with Crippen molar-refractivity contribution >= 4 is 38.9 Å². The highest BCUT2D eigenvalue weighted by Crippen LogP contribution is 2.31. The highest BCUT2D eigenvalue weighted by molar-refractivity contribution is 7.89. The quantitative estimate of drug-likeness (QED) is 0.578. The minimum absolute atomic E-state index is 0.107. The molecule has 1 amide bonds. The molecule has 3 rings (SSSR count). The molecule has 0 saturated carbocycles. The van der Waals surface area contributed by atoms with Gasteiger partial charge >= 0.3 is 0 Å². The lowest BCUT2D eigenvalue weighted by Crippen LogP contribution is -2.46. The zero-order chi connectivity index (χ0) is 24.0. The Balaban J connectivity index is 1.93. The van der Waals surface area contributed by atoms with Crippen LogP contribution >= 0.6 is 11.6 Å². The molecule has 0 radical (unpaired) electrons. The van der Waals surface area contributed by atoms with Crippen molar-refractivity contribution < 1.29 is 13.2 Å². The molecular formula is C24H33ClN4O3S. The summed E-state index contributed by atoms with van der Waals surface area (Å²) in [6.07, 6.45) is 0.107. The SMILES string of the molecule is CCN1CCN(c2ccc(S(=O)(=O)N(CC)CC)cc2NC(=O)Cc2ccccc2Cl)CC1. The van der Waals surface area contributed by atoms with Crippen LogP contribution in [0.4, 0.5) is 11.4 Å². The molecule has 0 spiro atoms. The van der Waals surface area contributed by atoms with Gasteiger partial charge in [-0.3, -0.25) is 4.79 Å². The Morgan fingerprint density at radius 2 is 1.70 bits per heavy atom. The molecule has 1 aliphatic heterocycles. The van der Waals surface area contributed by atoms with E-state index in [4.69, 9.17) is 11.6 Å². The number of amides is 1. The number of carbonyl (C=O) groups is 1. The lowest BCUT2D eigenvalue weighted by molar-refractivity contribution is -0.115. The minimum Gasteiger partial charge on any atom is -0.367 e. The molecule has 1 aliphatic rings. The summed E-state index contributed by atoms with van der Waals surface area (Å²) >= 11 is 6.23. The summed E-state index contributed by atoms with van der Waals surface area (Å²) in [5.41, 5.74) is 2.06. The number of hydrogen-bond donors (Lipinski definition) is 1. The van der Waals surface area contributed by atoms with Crippen molar-refractivity contribution in [3.63, 3.8) is 0 Å². The van der Waals surface area contributed by atoms with Gasteiger partial charge in [0.1, 0.15) is 0 Å². The van der Waals surface area contributed by atoms with Crippen molar-refractivity contribution in [1.82, 2.24) is 9.21 Å². The summed E-state index contributed by atoms with van der Waals surface area (Å²) in [5, 5.41) is 3.49. The lowest BCUT2D eigenvalue weighted by Gasteiger charge is -2.36. The minimum atomic E-state index is -3.65. The molecule has 0 aromatic heterocycles. The molecule has 1 saturated heterocycles. The summed E-state index contributed by atoms with van der Waals surface area (Å²) in [7, 11) is -3.65. The number of benzene rings is 2. The average Bonchev–Trinajstić information content (AvgIpc) is 2.81. The van der Waals surface area contributed by atoms with Crippen molar-refractivity contribution in [1.29, 1.82) is 0 Å². The smallest absolute Gasteiger partial charge is 0.243 e. The van der Waals surface area contributed by atoms with Crippen LogP contribution in [0.1, 0.15) is 26.3 Å². The number of rotatable bonds is 9. The standard InChI is InChI=1S/C24H33ClN4O3S/c1-4-27-13-15-28(16-14-27)23-12-11-20(33(31,32)29(5-2)6-3)18-22(23)26-24(30)17-19-9-7-8-10-21(19)25/h7-12,18H,4-6,13-17H2,1-3H3,(H,26,30). The highest BCUT2D eigenvalue weighted by Gasteiger charge is 2.25. The maximum atomic E-state index is 13.1. The molecule has 2 aromatic carbocycles. The summed E-state index contributed by atoms with van der Waals surface area (Å²) in [5.74, 6) is -0.242. The first-order valence-electron chi connectivity index (χ1n) is 11.4.